The molecule has 0 aliphatic heterocycles. The fraction of sp³-hybridized carbons (Fsp3) is 0.200. The number of hydrogen-bond acceptors (Lipinski definition) is 3. The lowest BCUT2D eigenvalue weighted by molar-refractivity contribution is 0.232. The molecule has 0 heterocycles. The van der Waals surface area contributed by atoms with Gasteiger partial charge >= 0.3 is 12.1 Å². The van der Waals surface area contributed by atoms with Gasteiger partial charge in [-0.1, -0.05) is 6.08 Å². The second-order valence-electron chi connectivity index (χ2n) is 1.65. The summed E-state index contributed by atoms with van der Waals surface area (Å²) in [5.74, 6) is 0.587. The number of primary amides is 1. The first-order valence-corrected chi connectivity index (χ1v) is 3.99. The van der Waals surface area contributed by atoms with Crippen LogP contribution >= 0.6 is 11.9 Å². The zero-order valence-corrected chi connectivity index (χ0v) is 7.11. The molecule has 0 aliphatic rings. The molecule has 0 rings (SSSR count). The van der Waals surface area contributed by atoms with Crippen LogP contribution < -0.4 is 21.3 Å². The lowest BCUT2D eigenvalue weighted by Gasteiger charge is -2.04. The number of hydrazine groups is 1. The summed E-state index contributed by atoms with van der Waals surface area (Å²) in [7, 11) is 0. The number of urea groups is 2. The highest BCUT2D eigenvalue weighted by molar-refractivity contribution is 7.98. The van der Waals surface area contributed by atoms with Gasteiger partial charge in [-0.25, -0.2) is 20.4 Å². The number of hydrogen-bond donors (Lipinski definition) is 4. The van der Waals surface area contributed by atoms with E-state index in [1.54, 1.807) is 6.08 Å². The highest BCUT2D eigenvalue weighted by Gasteiger charge is 1.98. The van der Waals surface area contributed by atoms with Crippen LogP contribution in [0.3, 0.4) is 0 Å². The maximum Gasteiger partial charge on any atom is 0.343 e. The van der Waals surface area contributed by atoms with E-state index >= 15 is 0 Å². The molecule has 12 heavy (non-hydrogen) atoms. The van der Waals surface area contributed by atoms with Crippen LogP contribution in [-0.4, -0.2) is 17.8 Å². The number of carbonyl (C=O) groups is 2. The van der Waals surface area contributed by atoms with Crippen molar-refractivity contribution in [2.75, 3.05) is 5.75 Å². The van der Waals surface area contributed by atoms with Crippen molar-refractivity contribution in [3.8, 4) is 0 Å². The molecular weight excluding hydrogens is 180 g/mol. The van der Waals surface area contributed by atoms with Gasteiger partial charge in [0.25, 0.3) is 0 Å². The molecule has 0 radical (unpaired) electrons. The Bertz CT molecular complexity index is 184. The molecule has 0 saturated carbocycles. The monoisotopic (exact) mass is 190 g/mol. The Morgan fingerprint density at radius 3 is 2.67 bits per heavy atom. The van der Waals surface area contributed by atoms with Gasteiger partial charge in [0.15, 0.2) is 0 Å². The van der Waals surface area contributed by atoms with Crippen molar-refractivity contribution in [2.45, 2.75) is 0 Å². The van der Waals surface area contributed by atoms with E-state index in [1.165, 1.54) is 0 Å². The topological polar surface area (TPSA) is 96.2 Å². The minimum atomic E-state index is -0.820. The van der Waals surface area contributed by atoms with Gasteiger partial charge in [0.1, 0.15) is 0 Å². The molecule has 68 valence electrons. The summed E-state index contributed by atoms with van der Waals surface area (Å²) in [4.78, 5) is 20.8. The van der Waals surface area contributed by atoms with Crippen LogP contribution in [0.15, 0.2) is 12.7 Å². The molecule has 4 amide bonds. The number of nitrogens with one attached hydrogen (secondary N) is 3. The van der Waals surface area contributed by atoms with Gasteiger partial charge in [-0.3, -0.25) is 4.72 Å². The van der Waals surface area contributed by atoms with Gasteiger partial charge in [-0.2, -0.15) is 0 Å². The Labute approximate surface area is 74.1 Å². The third kappa shape index (κ3) is 6.75. The third-order valence-electron chi connectivity index (χ3n) is 0.665. The minimum Gasteiger partial charge on any atom is -0.350 e. The highest BCUT2D eigenvalue weighted by atomic mass is 32.2. The second kappa shape index (κ2) is 6.35. The van der Waals surface area contributed by atoms with Crippen molar-refractivity contribution >= 4 is 24.0 Å². The summed E-state index contributed by atoms with van der Waals surface area (Å²) in [6.07, 6.45) is 1.63. The van der Waals surface area contributed by atoms with Gasteiger partial charge in [0, 0.05) is 5.75 Å². The molecule has 0 unspecified atom stereocenters. The Hall–Kier alpha value is -1.37. The van der Waals surface area contributed by atoms with Crippen LogP contribution in [0.2, 0.25) is 0 Å². The molecule has 0 fully saturated rings. The van der Waals surface area contributed by atoms with Gasteiger partial charge in [-0.05, 0) is 11.9 Å². The maximum absolute atomic E-state index is 10.7. The molecule has 0 atom stereocenters. The standard InChI is InChI=1S/C5H10N4O2S/c1-2-3-12-9-5(11)8-7-4(6)10/h2H,1,3H2,(H3,6,7,10)(H2,8,9,11). The van der Waals surface area contributed by atoms with Crippen LogP contribution in [0.5, 0.6) is 0 Å². The van der Waals surface area contributed by atoms with Gasteiger partial charge in [0.05, 0.1) is 0 Å². The summed E-state index contributed by atoms with van der Waals surface area (Å²) < 4.78 is 2.36. The van der Waals surface area contributed by atoms with E-state index in [1.807, 2.05) is 10.9 Å². The van der Waals surface area contributed by atoms with Crippen molar-refractivity contribution in [1.29, 1.82) is 0 Å². The van der Waals surface area contributed by atoms with E-state index in [9.17, 15) is 9.59 Å². The second-order valence-corrected chi connectivity index (χ2v) is 2.47. The Morgan fingerprint density at radius 2 is 2.17 bits per heavy atom. The molecule has 0 aliphatic carbocycles. The third-order valence-corrected chi connectivity index (χ3v) is 1.40. The smallest absolute Gasteiger partial charge is 0.343 e. The summed E-state index contributed by atoms with van der Waals surface area (Å²) >= 11 is 1.14. The minimum absolute atomic E-state index is 0.541. The van der Waals surface area contributed by atoms with Crippen LogP contribution in [0.1, 0.15) is 0 Å². The summed E-state index contributed by atoms with van der Waals surface area (Å²) in [5.41, 5.74) is 8.60. The Morgan fingerprint density at radius 1 is 1.50 bits per heavy atom. The van der Waals surface area contributed by atoms with E-state index in [-0.39, 0.29) is 0 Å². The molecule has 0 bridgehead atoms. The van der Waals surface area contributed by atoms with Crippen molar-refractivity contribution < 1.29 is 9.59 Å². The fourth-order valence-electron chi connectivity index (χ4n) is 0.310. The average Bonchev–Trinajstić information content (AvgIpc) is 2.01. The molecule has 7 heteroatoms. The van der Waals surface area contributed by atoms with Crippen molar-refractivity contribution in [2.24, 2.45) is 5.73 Å². The average molecular weight is 190 g/mol. The van der Waals surface area contributed by atoms with Gasteiger partial charge in [0.2, 0.25) is 0 Å². The molecule has 0 spiro atoms. The van der Waals surface area contributed by atoms with Crippen LogP contribution in [-0.2, 0) is 0 Å². The van der Waals surface area contributed by atoms with Crippen molar-refractivity contribution in [3.63, 3.8) is 0 Å². The molecular formula is C5H10N4O2S. The van der Waals surface area contributed by atoms with E-state index in [4.69, 9.17) is 0 Å². The van der Waals surface area contributed by atoms with Gasteiger partial charge < -0.3 is 5.73 Å². The lowest BCUT2D eigenvalue weighted by atomic mass is 10.8. The SMILES string of the molecule is C=CCSNC(=O)NNC(N)=O. The Kier molecular flexibility index (Phi) is 5.62. The number of nitrogens with two attached hydrogens (primary N) is 1. The van der Waals surface area contributed by atoms with E-state index in [2.05, 4.69) is 17.0 Å². The first-order valence-electron chi connectivity index (χ1n) is 3.01. The first kappa shape index (κ1) is 10.6. The van der Waals surface area contributed by atoms with Crippen molar-refractivity contribution in [3.05, 3.63) is 12.7 Å². The number of amides is 4. The van der Waals surface area contributed by atoms with Gasteiger partial charge in [-0.15, -0.1) is 6.58 Å². The van der Waals surface area contributed by atoms with E-state index in [0.717, 1.165) is 11.9 Å². The van der Waals surface area contributed by atoms with Crippen LogP contribution in [0.4, 0.5) is 9.59 Å². The molecule has 6 nitrogen and oxygen atoms in total. The normalized spacial score (nSPS) is 8.33. The maximum atomic E-state index is 10.7. The summed E-state index contributed by atoms with van der Waals surface area (Å²) in [6.45, 7) is 3.45. The van der Waals surface area contributed by atoms with Crippen LogP contribution in [0.25, 0.3) is 0 Å². The number of rotatable bonds is 3. The highest BCUT2D eigenvalue weighted by Crippen LogP contribution is 1.90. The van der Waals surface area contributed by atoms with Crippen LogP contribution in [0, 0.1) is 0 Å². The summed E-state index contributed by atoms with van der Waals surface area (Å²) in [5, 5.41) is 0. The molecule has 5 N–H and O–H groups in total. The predicted molar refractivity (Wildman–Crippen MR) is 47.0 cm³/mol. The molecule has 0 saturated heterocycles. The first-order chi connectivity index (χ1) is 5.66. The fourth-order valence-corrected chi connectivity index (χ4v) is 0.693. The zero-order valence-electron chi connectivity index (χ0n) is 6.29. The van der Waals surface area contributed by atoms with E-state index < -0.39 is 12.1 Å². The van der Waals surface area contributed by atoms with Crippen molar-refractivity contribution in [1.82, 2.24) is 15.6 Å². The zero-order chi connectivity index (χ0) is 9.40. The molecule has 0 aromatic heterocycles. The number of carbonyl (C=O) groups excluding carboxylic acids is 2. The van der Waals surface area contributed by atoms with E-state index in [0.29, 0.717) is 5.75 Å². The Balaban J connectivity index is 3.33. The predicted octanol–water partition coefficient (Wildman–Crippen LogP) is -0.297. The quantitative estimate of drug-likeness (QED) is 0.213. The molecule has 0 aromatic carbocycles. The summed E-state index contributed by atoms with van der Waals surface area (Å²) in [6, 6.07) is -1.36. The molecule has 0 aromatic rings. The lowest BCUT2D eigenvalue weighted by Crippen LogP contribution is -2.47. The largest absolute Gasteiger partial charge is 0.350 e.